The number of nitrogen functional groups attached to an aromatic ring is 2. The van der Waals surface area contributed by atoms with Crippen LogP contribution < -0.4 is 27.7 Å². The highest BCUT2D eigenvalue weighted by Crippen LogP contribution is 2.34. The molecule has 0 atom stereocenters. The fraction of sp³-hybridized carbons (Fsp3) is 0.280. The Labute approximate surface area is 220 Å². The number of nitrogens with zero attached hydrogens (tertiary/aromatic N) is 2. The van der Waals surface area contributed by atoms with Gasteiger partial charge in [0.1, 0.15) is 12.4 Å². The zero-order chi connectivity index (χ0) is 28.4. The van der Waals surface area contributed by atoms with E-state index < -0.39 is 59.3 Å². The van der Waals surface area contributed by atoms with Gasteiger partial charge in [0.05, 0.1) is 23.0 Å². The van der Waals surface area contributed by atoms with Crippen molar-refractivity contribution >= 4 is 23.2 Å². The SMILES string of the molecule is C.CC(C)Nc1ncc(-c2cc(N)cc(C(F)(F)F)c2)n(CC(=O)NCc2ccc(C(=N)N)c(F)c2F)c1=O. The summed E-state index contributed by atoms with van der Waals surface area (Å²) in [6.07, 6.45) is -3.60. The van der Waals surface area contributed by atoms with E-state index in [0.29, 0.717) is 0 Å². The number of halogens is 5. The van der Waals surface area contributed by atoms with Crippen molar-refractivity contribution in [1.82, 2.24) is 14.9 Å². The summed E-state index contributed by atoms with van der Waals surface area (Å²) in [6.45, 7) is 2.28. The van der Waals surface area contributed by atoms with Crippen LogP contribution in [0.15, 0.2) is 41.3 Å². The van der Waals surface area contributed by atoms with Crippen LogP contribution in [0.3, 0.4) is 0 Å². The first kappa shape index (κ1) is 30.7. The molecule has 2 aromatic carbocycles. The summed E-state index contributed by atoms with van der Waals surface area (Å²) in [6, 6.07) is 4.68. The van der Waals surface area contributed by atoms with E-state index in [1.165, 1.54) is 6.07 Å². The predicted molar refractivity (Wildman–Crippen MR) is 138 cm³/mol. The van der Waals surface area contributed by atoms with E-state index in [4.69, 9.17) is 16.9 Å². The molecule has 0 fully saturated rings. The lowest BCUT2D eigenvalue weighted by molar-refractivity contribution is -0.137. The van der Waals surface area contributed by atoms with Crippen LogP contribution in [0.5, 0.6) is 0 Å². The normalized spacial score (nSPS) is 11.2. The van der Waals surface area contributed by atoms with Gasteiger partial charge in [-0.1, -0.05) is 13.5 Å². The van der Waals surface area contributed by atoms with E-state index in [1.807, 2.05) is 0 Å². The number of anilines is 2. The summed E-state index contributed by atoms with van der Waals surface area (Å²) in [5.74, 6) is -4.33. The van der Waals surface area contributed by atoms with Gasteiger partial charge in [-0.15, -0.1) is 0 Å². The average Bonchev–Trinajstić information content (AvgIpc) is 2.81. The summed E-state index contributed by atoms with van der Waals surface area (Å²) in [7, 11) is 0. The Morgan fingerprint density at radius 2 is 1.82 bits per heavy atom. The van der Waals surface area contributed by atoms with Crippen molar-refractivity contribution in [3.05, 3.63) is 75.2 Å². The number of carbonyl (C=O) groups excluding carboxylic acids is 1. The molecule has 1 heterocycles. The number of aromatic nitrogens is 2. The Hall–Kier alpha value is -4.49. The fourth-order valence-corrected chi connectivity index (χ4v) is 3.54. The van der Waals surface area contributed by atoms with Gasteiger partial charge in [0.15, 0.2) is 17.5 Å². The molecule has 0 unspecified atom stereocenters. The maximum absolute atomic E-state index is 14.3. The highest BCUT2D eigenvalue weighted by atomic mass is 19.4. The summed E-state index contributed by atoms with van der Waals surface area (Å²) in [4.78, 5) is 29.9. The summed E-state index contributed by atoms with van der Waals surface area (Å²) < 4.78 is 69.4. The first-order chi connectivity index (χ1) is 17.7. The second-order valence-corrected chi connectivity index (χ2v) is 8.61. The Morgan fingerprint density at radius 3 is 2.41 bits per heavy atom. The minimum absolute atomic E-state index is 0. The quantitative estimate of drug-likeness (QED) is 0.124. The molecule has 0 aliphatic rings. The number of amidine groups is 1. The van der Waals surface area contributed by atoms with Crippen LogP contribution in [-0.2, 0) is 24.1 Å². The lowest BCUT2D eigenvalue weighted by atomic mass is 10.1. The van der Waals surface area contributed by atoms with Gasteiger partial charge in [-0.25, -0.2) is 13.8 Å². The van der Waals surface area contributed by atoms with Crippen molar-refractivity contribution in [2.75, 3.05) is 11.1 Å². The fourth-order valence-electron chi connectivity index (χ4n) is 3.54. The van der Waals surface area contributed by atoms with E-state index in [9.17, 15) is 31.5 Å². The first-order valence-corrected chi connectivity index (χ1v) is 11.1. The molecule has 0 aliphatic heterocycles. The number of carbonyl (C=O) groups is 1. The van der Waals surface area contributed by atoms with E-state index in [2.05, 4.69) is 15.6 Å². The van der Waals surface area contributed by atoms with Crippen LogP contribution in [0.1, 0.15) is 38.0 Å². The Bertz CT molecular complexity index is 1450. The highest BCUT2D eigenvalue weighted by molar-refractivity contribution is 5.95. The smallest absolute Gasteiger partial charge is 0.399 e. The van der Waals surface area contributed by atoms with Gasteiger partial charge in [-0.2, -0.15) is 13.2 Å². The number of amides is 1. The molecule has 0 saturated heterocycles. The molecule has 0 spiro atoms. The molecule has 1 amide bonds. The Kier molecular flexibility index (Phi) is 9.39. The summed E-state index contributed by atoms with van der Waals surface area (Å²) in [5, 5.41) is 12.4. The van der Waals surface area contributed by atoms with Crippen molar-refractivity contribution < 1.29 is 26.7 Å². The third kappa shape index (κ3) is 7.09. The average molecular weight is 554 g/mol. The van der Waals surface area contributed by atoms with Gasteiger partial charge >= 0.3 is 6.18 Å². The minimum Gasteiger partial charge on any atom is -0.399 e. The molecule has 3 aromatic rings. The number of hydrogen-bond donors (Lipinski definition) is 5. The largest absolute Gasteiger partial charge is 0.416 e. The molecule has 0 saturated carbocycles. The molecular weight excluding hydrogens is 525 g/mol. The zero-order valence-electron chi connectivity index (χ0n) is 20.2. The number of alkyl halides is 3. The molecule has 3 rings (SSSR count). The van der Waals surface area contributed by atoms with Gasteiger partial charge in [0.2, 0.25) is 5.91 Å². The Balaban J connectivity index is 0.00000533. The van der Waals surface area contributed by atoms with Crippen LogP contribution in [0.25, 0.3) is 11.3 Å². The van der Waals surface area contributed by atoms with Crippen molar-refractivity contribution in [2.45, 2.75) is 46.6 Å². The third-order valence-electron chi connectivity index (χ3n) is 5.29. The molecule has 9 nitrogen and oxygen atoms in total. The summed E-state index contributed by atoms with van der Waals surface area (Å²) in [5.41, 5.74) is 7.83. The van der Waals surface area contributed by atoms with Crippen molar-refractivity contribution in [1.29, 1.82) is 5.41 Å². The van der Waals surface area contributed by atoms with Gasteiger partial charge in [-0.05, 0) is 38.1 Å². The molecule has 210 valence electrons. The maximum atomic E-state index is 14.3. The first-order valence-electron chi connectivity index (χ1n) is 11.1. The second-order valence-electron chi connectivity index (χ2n) is 8.61. The molecule has 14 heteroatoms. The molecule has 0 radical (unpaired) electrons. The Morgan fingerprint density at radius 1 is 1.15 bits per heavy atom. The van der Waals surface area contributed by atoms with Crippen molar-refractivity contribution in [3.8, 4) is 11.3 Å². The van der Waals surface area contributed by atoms with Gasteiger partial charge < -0.3 is 22.1 Å². The maximum Gasteiger partial charge on any atom is 0.416 e. The molecule has 39 heavy (non-hydrogen) atoms. The number of nitrogens with two attached hydrogens (primary N) is 2. The van der Waals surface area contributed by atoms with Gasteiger partial charge in [0, 0.05) is 29.4 Å². The van der Waals surface area contributed by atoms with E-state index in [0.717, 1.165) is 35.0 Å². The number of benzene rings is 2. The number of rotatable bonds is 8. The predicted octanol–water partition coefficient (Wildman–Crippen LogP) is 3.85. The lowest BCUT2D eigenvalue weighted by Crippen LogP contribution is -2.35. The van der Waals surface area contributed by atoms with E-state index in [1.54, 1.807) is 13.8 Å². The topological polar surface area (TPSA) is 152 Å². The van der Waals surface area contributed by atoms with Gasteiger partial charge in [0.25, 0.3) is 5.56 Å². The van der Waals surface area contributed by atoms with Crippen LogP contribution in [0, 0.1) is 17.0 Å². The second kappa shape index (κ2) is 11.9. The number of hydrogen-bond acceptors (Lipinski definition) is 6. The van der Waals surface area contributed by atoms with Crippen LogP contribution in [0.2, 0.25) is 0 Å². The molecule has 1 aromatic heterocycles. The molecule has 0 aliphatic carbocycles. The zero-order valence-corrected chi connectivity index (χ0v) is 20.2. The van der Waals surface area contributed by atoms with Crippen molar-refractivity contribution in [2.24, 2.45) is 5.73 Å². The van der Waals surface area contributed by atoms with Crippen LogP contribution in [0.4, 0.5) is 33.5 Å². The molecular formula is C25H28F5N7O2. The summed E-state index contributed by atoms with van der Waals surface area (Å²) >= 11 is 0. The molecule has 0 bridgehead atoms. The van der Waals surface area contributed by atoms with Crippen molar-refractivity contribution in [3.63, 3.8) is 0 Å². The lowest BCUT2D eigenvalue weighted by Gasteiger charge is -2.17. The van der Waals surface area contributed by atoms with E-state index >= 15 is 0 Å². The van der Waals surface area contributed by atoms with Crippen LogP contribution >= 0.6 is 0 Å². The van der Waals surface area contributed by atoms with Gasteiger partial charge in [-0.3, -0.25) is 19.6 Å². The molecule has 7 N–H and O–H groups in total. The standard InChI is InChI=1S/C24H24F5N7O2.CH4/c1-11(2)35-22-23(38)36(17(9-34-22)13-5-14(24(27,28)29)7-15(30)6-13)10-18(37)33-8-12-3-4-16(21(31)32)20(26)19(12)25;/h3-7,9,11H,8,10,30H2,1-2H3,(H3,31,32)(H,33,37)(H,34,35);1H4. The minimum atomic E-state index is -4.73. The highest BCUT2D eigenvalue weighted by Gasteiger charge is 2.31. The number of nitrogens with one attached hydrogen (secondary N) is 3. The van der Waals surface area contributed by atoms with E-state index in [-0.39, 0.29) is 41.8 Å². The third-order valence-corrected chi connectivity index (χ3v) is 5.29. The monoisotopic (exact) mass is 553 g/mol. The van der Waals surface area contributed by atoms with Crippen LogP contribution in [-0.4, -0.2) is 27.3 Å².